The van der Waals surface area contributed by atoms with Crippen LogP contribution in [0.1, 0.15) is 17.9 Å². The number of nitrogens with zero attached hydrogens (tertiary/aromatic N) is 2. The number of rotatable bonds is 4. The van der Waals surface area contributed by atoms with Gasteiger partial charge in [0.1, 0.15) is 5.75 Å². The average molecular weight is 415 g/mol. The van der Waals surface area contributed by atoms with E-state index in [1.54, 1.807) is 7.11 Å². The van der Waals surface area contributed by atoms with E-state index < -0.39 is 0 Å². The van der Waals surface area contributed by atoms with Crippen molar-refractivity contribution >= 4 is 27.5 Å². The van der Waals surface area contributed by atoms with E-state index in [1.165, 1.54) is 5.56 Å². The number of carbonyl (C=O) groups excluding carboxylic acids is 1. The summed E-state index contributed by atoms with van der Waals surface area (Å²) < 4.78 is 6.35. The highest BCUT2D eigenvalue weighted by Crippen LogP contribution is 2.48. The number of hydrogen-bond donors (Lipinski definition) is 0. The van der Waals surface area contributed by atoms with Gasteiger partial charge in [0.05, 0.1) is 11.6 Å². The molecule has 1 heterocycles. The second kappa shape index (κ2) is 7.31. The predicted molar refractivity (Wildman–Crippen MR) is 107 cm³/mol. The number of carbonyl (C=O) groups is 1. The van der Waals surface area contributed by atoms with Crippen LogP contribution in [0.2, 0.25) is 0 Å². The smallest absolute Gasteiger partial charge is 0.226 e. The quantitative estimate of drug-likeness (QED) is 0.759. The number of hydrogen-bond acceptors (Lipinski definition) is 3. The number of benzene rings is 2. The lowest BCUT2D eigenvalue weighted by atomic mass is 10.1. The summed E-state index contributed by atoms with van der Waals surface area (Å²) >= 11 is 3.49. The molecule has 2 fully saturated rings. The van der Waals surface area contributed by atoms with E-state index in [9.17, 15) is 4.79 Å². The molecule has 1 saturated heterocycles. The Balaban J connectivity index is 1.35. The van der Waals surface area contributed by atoms with Crippen molar-refractivity contribution in [1.82, 2.24) is 4.90 Å². The largest absolute Gasteiger partial charge is 0.495 e. The normalized spacial score (nSPS) is 22.2. The summed E-state index contributed by atoms with van der Waals surface area (Å²) in [6.45, 7) is 3.29. The monoisotopic (exact) mass is 414 g/mol. The second-order valence-corrected chi connectivity index (χ2v) is 7.84. The van der Waals surface area contributed by atoms with E-state index in [4.69, 9.17) is 4.74 Å². The first-order chi connectivity index (χ1) is 12.7. The van der Waals surface area contributed by atoms with E-state index >= 15 is 0 Å². The van der Waals surface area contributed by atoms with Gasteiger partial charge in [0.15, 0.2) is 0 Å². The Morgan fingerprint density at radius 2 is 1.81 bits per heavy atom. The van der Waals surface area contributed by atoms with Crippen LogP contribution in [0.25, 0.3) is 0 Å². The van der Waals surface area contributed by atoms with Gasteiger partial charge in [-0.25, -0.2) is 0 Å². The van der Waals surface area contributed by atoms with Gasteiger partial charge in [-0.05, 0) is 46.0 Å². The third-order valence-corrected chi connectivity index (χ3v) is 6.08. The van der Waals surface area contributed by atoms with Gasteiger partial charge in [0.2, 0.25) is 5.91 Å². The molecule has 0 spiro atoms. The molecule has 0 unspecified atom stereocenters. The summed E-state index contributed by atoms with van der Waals surface area (Å²) in [5, 5.41) is 0. The molecule has 0 radical (unpaired) electrons. The number of amides is 1. The van der Waals surface area contributed by atoms with E-state index in [0.717, 1.165) is 48.5 Å². The lowest BCUT2D eigenvalue weighted by Gasteiger charge is -2.36. The van der Waals surface area contributed by atoms with E-state index in [2.05, 4.69) is 51.2 Å². The molecule has 0 bridgehead atoms. The fraction of sp³-hybridized carbons (Fsp3) is 0.381. The SMILES string of the molecule is COc1cc(N2CCN(C(=O)[C@H]3C[C@@H]3c3ccccc3)CC2)ccc1Br. The van der Waals surface area contributed by atoms with Gasteiger partial charge < -0.3 is 14.5 Å². The minimum absolute atomic E-state index is 0.178. The molecule has 0 N–H and O–H groups in total. The summed E-state index contributed by atoms with van der Waals surface area (Å²) in [6.07, 6.45) is 0.993. The van der Waals surface area contributed by atoms with Gasteiger partial charge in [-0.3, -0.25) is 4.79 Å². The zero-order valence-corrected chi connectivity index (χ0v) is 16.5. The molecule has 2 atom stereocenters. The maximum Gasteiger partial charge on any atom is 0.226 e. The number of anilines is 1. The summed E-state index contributed by atoms with van der Waals surface area (Å²) in [5.41, 5.74) is 2.44. The lowest BCUT2D eigenvalue weighted by Crippen LogP contribution is -2.49. The Hall–Kier alpha value is -2.01. The first-order valence-corrected chi connectivity index (χ1v) is 9.89. The summed E-state index contributed by atoms with van der Waals surface area (Å²) in [7, 11) is 1.68. The molecule has 1 aliphatic carbocycles. The molecule has 1 saturated carbocycles. The van der Waals surface area contributed by atoms with Crippen molar-refractivity contribution in [3.8, 4) is 5.75 Å². The van der Waals surface area contributed by atoms with Crippen LogP contribution in [0.5, 0.6) is 5.75 Å². The van der Waals surface area contributed by atoms with Gasteiger partial charge in [0.25, 0.3) is 0 Å². The van der Waals surface area contributed by atoms with Crippen LogP contribution in [0.4, 0.5) is 5.69 Å². The highest BCUT2D eigenvalue weighted by molar-refractivity contribution is 9.10. The first kappa shape index (κ1) is 17.4. The zero-order chi connectivity index (χ0) is 18.1. The Labute approximate surface area is 162 Å². The van der Waals surface area contributed by atoms with Crippen LogP contribution in [0.3, 0.4) is 0 Å². The van der Waals surface area contributed by atoms with Crippen molar-refractivity contribution < 1.29 is 9.53 Å². The zero-order valence-electron chi connectivity index (χ0n) is 14.9. The molecule has 1 aliphatic heterocycles. The molecular formula is C21H23BrN2O2. The molecule has 2 aromatic rings. The number of methoxy groups -OCH3 is 1. The Kier molecular flexibility index (Phi) is 4.90. The Bertz CT molecular complexity index is 788. The molecule has 4 rings (SSSR count). The van der Waals surface area contributed by atoms with Gasteiger partial charge in [-0.1, -0.05) is 30.3 Å². The number of piperazine rings is 1. The summed E-state index contributed by atoms with van der Waals surface area (Å²) in [5.74, 6) is 1.76. The van der Waals surface area contributed by atoms with Crippen LogP contribution in [-0.4, -0.2) is 44.1 Å². The van der Waals surface area contributed by atoms with Crippen LogP contribution in [-0.2, 0) is 4.79 Å². The van der Waals surface area contributed by atoms with E-state index in [0.29, 0.717) is 11.8 Å². The van der Waals surface area contributed by atoms with E-state index in [-0.39, 0.29) is 5.92 Å². The second-order valence-electron chi connectivity index (χ2n) is 6.99. The van der Waals surface area contributed by atoms with Crippen molar-refractivity contribution in [2.45, 2.75) is 12.3 Å². The number of ether oxygens (including phenoxy) is 1. The molecule has 4 nitrogen and oxygen atoms in total. The third kappa shape index (κ3) is 3.45. The van der Waals surface area contributed by atoms with Gasteiger partial charge in [-0.2, -0.15) is 0 Å². The van der Waals surface area contributed by atoms with Gasteiger partial charge in [-0.15, -0.1) is 0 Å². The van der Waals surface area contributed by atoms with Crippen LogP contribution in [0.15, 0.2) is 53.0 Å². The fourth-order valence-corrected chi connectivity index (χ4v) is 4.21. The minimum Gasteiger partial charge on any atom is -0.495 e. The molecular weight excluding hydrogens is 392 g/mol. The maximum atomic E-state index is 12.8. The molecule has 5 heteroatoms. The molecule has 2 aromatic carbocycles. The van der Waals surface area contributed by atoms with E-state index in [1.807, 2.05) is 23.1 Å². The predicted octanol–water partition coefficient (Wildman–Crippen LogP) is 3.91. The van der Waals surface area contributed by atoms with Crippen molar-refractivity contribution in [2.75, 3.05) is 38.2 Å². The van der Waals surface area contributed by atoms with Crippen molar-refractivity contribution in [3.63, 3.8) is 0 Å². The molecule has 0 aromatic heterocycles. The summed E-state index contributed by atoms with van der Waals surface area (Å²) in [4.78, 5) is 17.2. The summed E-state index contributed by atoms with van der Waals surface area (Å²) in [6, 6.07) is 16.6. The third-order valence-electron chi connectivity index (χ3n) is 5.43. The van der Waals surface area contributed by atoms with Gasteiger partial charge in [0, 0.05) is 43.9 Å². The molecule has 1 amide bonds. The average Bonchev–Trinajstić information content (AvgIpc) is 3.49. The Morgan fingerprint density at radius 3 is 2.50 bits per heavy atom. The van der Waals surface area contributed by atoms with Crippen molar-refractivity contribution in [1.29, 1.82) is 0 Å². The maximum absolute atomic E-state index is 12.8. The minimum atomic E-state index is 0.178. The van der Waals surface area contributed by atoms with Crippen molar-refractivity contribution in [3.05, 3.63) is 58.6 Å². The highest BCUT2D eigenvalue weighted by atomic mass is 79.9. The molecule has 26 heavy (non-hydrogen) atoms. The number of halogens is 1. The van der Waals surface area contributed by atoms with Crippen molar-refractivity contribution in [2.24, 2.45) is 5.92 Å². The molecule has 2 aliphatic rings. The first-order valence-electron chi connectivity index (χ1n) is 9.09. The van der Waals surface area contributed by atoms with Gasteiger partial charge >= 0.3 is 0 Å². The topological polar surface area (TPSA) is 32.8 Å². The Morgan fingerprint density at radius 1 is 1.08 bits per heavy atom. The van der Waals surface area contributed by atoms with Crippen LogP contribution in [0, 0.1) is 5.92 Å². The molecule has 136 valence electrons. The van der Waals surface area contributed by atoms with Crippen LogP contribution < -0.4 is 9.64 Å². The highest BCUT2D eigenvalue weighted by Gasteiger charge is 2.45. The lowest BCUT2D eigenvalue weighted by molar-refractivity contribution is -0.132. The fourth-order valence-electron chi connectivity index (χ4n) is 3.80. The standard InChI is InChI=1S/C21H23BrN2O2/c1-26-20-13-16(7-8-19(20)22)23-9-11-24(12-10-23)21(25)18-14-17(18)15-5-3-2-4-6-15/h2-8,13,17-18H,9-12,14H2,1H3/t17-,18+/m1/s1. The van der Waals surface area contributed by atoms with Crippen LogP contribution >= 0.6 is 15.9 Å².